The Balaban J connectivity index is 0.00000128. The zero-order chi connectivity index (χ0) is 10.7. The molecule has 0 fully saturated rings. The van der Waals surface area contributed by atoms with Gasteiger partial charge in [-0.15, -0.1) is 12.4 Å². The predicted octanol–water partition coefficient (Wildman–Crippen LogP) is 2.47. The van der Waals surface area contributed by atoms with Gasteiger partial charge in [0.15, 0.2) is 0 Å². The minimum absolute atomic E-state index is 0. The Morgan fingerprint density at radius 3 is 2.88 bits per heavy atom. The fourth-order valence-electron chi connectivity index (χ4n) is 1.49. The Labute approximate surface area is 106 Å². The highest BCUT2D eigenvalue weighted by Crippen LogP contribution is 2.12. The van der Waals surface area contributed by atoms with Gasteiger partial charge in [-0.3, -0.25) is 0 Å². The van der Waals surface area contributed by atoms with Crippen LogP contribution in [0.3, 0.4) is 0 Å². The number of benzene rings is 1. The number of halogens is 2. The van der Waals surface area contributed by atoms with Gasteiger partial charge < -0.3 is 10.3 Å². The first-order valence-electron chi connectivity index (χ1n) is 4.73. The van der Waals surface area contributed by atoms with Crippen molar-refractivity contribution in [2.75, 3.05) is 0 Å². The summed E-state index contributed by atoms with van der Waals surface area (Å²) in [5, 5.41) is 0.752. The summed E-state index contributed by atoms with van der Waals surface area (Å²) in [7, 11) is 0. The number of aromatic nitrogens is 2. The molecule has 0 radical (unpaired) electrons. The van der Waals surface area contributed by atoms with Gasteiger partial charge >= 0.3 is 0 Å². The van der Waals surface area contributed by atoms with Gasteiger partial charge in [-0.2, -0.15) is 0 Å². The summed E-state index contributed by atoms with van der Waals surface area (Å²) in [6.07, 6.45) is 3.56. The number of hydrogen-bond acceptors (Lipinski definition) is 2. The molecule has 1 aromatic heterocycles. The van der Waals surface area contributed by atoms with Crippen LogP contribution < -0.4 is 5.73 Å². The Morgan fingerprint density at radius 2 is 2.19 bits per heavy atom. The minimum atomic E-state index is 0. The van der Waals surface area contributed by atoms with E-state index >= 15 is 0 Å². The van der Waals surface area contributed by atoms with Crippen LogP contribution in [-0.2, 0) is 13.1 Å². The highest BCUT2D eigenvalue weighted by atomic mass is 35.5. The van der Waals surface area contributed by atoms with Crippen molar-refractivity contribution in [2.24, 2.45) is 5.73 Å². The summed E-state index contributed by atoms with van der Waals surface area (Å²) in [6, 6.07) is 7.79. The predicted molar refractivity (Wildman–Crippen MR) is 67.9 cm³/mol. The second kappa shape index (κ2) is 5.89. The van der Waals surface area contributed by atoms with E-state index < -0.39 is 0 Å². The lowest BCUT2D eigenvalue weighted by atomic mass is 10.2. The van der Waals surface area contributed by atoms with Crippen LogP contribution in [0, 0.1) is 0 Å². The number of rotatable bonds is 3. The summed E-state index contributed by atoms with van der Waals surface area (Å²) in [4.78, 5) is 4.06. The van der Waals surface area contributed by atoms with Gasteiger partial charge in [-0.25, -0.2) is 4.98 Å². The number of nitrogens with two attached hydrogens (primary N) is 1. The van der Waals surface area contributed by atoms with E-state index in [1.54, 1.807) is 12.5 Å². The lowest BCUT2D eigenvalue weighted by molar-refractivity contribution is 0.740. The largest absolute Gasteiger partial charge is 0.329 e. The number of nitrogens with zero attached hydrogens (tertiary/aromatic N) is 2. The molecule has 0 atom stereocenters. The Kier molecular flexibility index (Phi) is 4.80. The molecule has 1 aromatic carbocycles. The van der Waals surface area contributed by atoms with E-state index in [-0.39, 0.29) is 12.4 Å². The van der Waals surface area contributed by atoms with Gasteiger partial charge in [0.05, 0.1) is 12.0 Å². The van der Waals surface area contributed by atoms with Crippen LogP contribution in [0.1, 0.15) is 11.3 Å². The molecule has 2 aromatic rings. The fraction of sp³-hybridized carbons (Fsp3) is 0.182. The van der Waals surface area contributed by atoms with Crippen LogP contribution in [0.15, 0.2) is 36.8 Å². The molecular formula is C11H13Cl2N3. The lowest BCUT2D eigenvalue weighted by Gasteiger charge is -2.06. The molecule has 1 heterocycles. The summed E-state index contributed by atoms with van der Waals surface area (Å²) in [5.74, 6) is 0. The molecule has 3 nitrogen and oxygen atoms in total. The van der Waals surface area contributed by atoms with Crippen LogP contribution in [0.25, 0.3) is 0 Å². The summed E-state index contributed by atoms with van der Waals surface area (Å²) in [5.41, 5.74) is 7.76. The zero-order valence-corrected chi connectivity index (χ0v) is 10.2. The van der Waals surface area contributed by atoms with Crippen molar-refractivity contribution in [3.05, 3.63) is 53.1 Å². The third-order valence-electron chi connectivity index (χ3n) is 2.25. The Morgan fingerprint density at radius 1 is 1.38 bits per heavy atom. The van der Waals surface area contributed by atoms with Gasteiger partial charge in [0.25, 0.3) is 0 Å². The van der Waals surface area contributed by atoms with E-state index in [1.165, 1.54) is 0 Å². The van der Waals surface area contributed by atoms with E-state index in [1.807, 2.05) is 28.8 Å². The minimum Gasteiger partial charge on any atom is -0.329 e. The maximum Gasteiger partial charge on any atom is 0.0951 e. The third-order valence-corrected chi connectivity index (χ3v) is 2.48. The van der Waals surface area contributed by atoms with Crippen LogP contribution in [0.4, 0.5) is 0 Å². The average molecular weight is 258 g/mol. The first-order valence-corrected chi connectivity index (χ1v) is 5.11. The number of hydrogen-bond donors (Lipinski definition) is 1. The highest BCUT2D eigenvalue weighted by molar-refractivity contribution is 6.30. The van der Waals surface area contributed by atoms with Gasteiger partial charge in [-0.1, -0.05) is 23.7 Å². The molecule has 0 saturated carbocycles. The smallest absolute Gasteiger partial charge is 0.0951 e. The first-order chi connectivity index (χ1) is 7.29. The molecular weight excluding hydrogens is 245 g/mol. The van der Waals surface area contributed by atoms with E-state index in [0.29, 0.717) is 6.54 Å². The average Bonchev–Trinajstić information content (AvgIpc) is 2.65. The van der Waals surface area contributed by atoms with Crippen molar-refractivity contribution < 1.29 is 0 Å². The van der Waals surface area contributed by atoms with Crippen molar-refractivity contribution in [3.8, 4) is 0 Å². The highest BCUT2D eigenvalue weighted by Gasteiger charge is 2.01. The van der Waals surface area contributed by atoms with Crippen LogP contribution >= 0.6 is 24.0 Å². The third kappa shape index (κ3) is 2.98. The van der Waals surface area contributed by atoms with Gasteiger partial charge in [0, 0.05) is 24.3 Å². The van der Waals surface area contributed by atoms with E-state index in [0.717, 1.165) is 22.8 Å². The standard InChI is InChI=1S/C11H12ClN3.ClH/c12-10-3-1-2-9(4-10)7-15-8-14-6-11(15)5-13;/h1-4,6,8H,5,7,13H2;1H. The molecule has 0 aliphatic heterocycles. The summed E-state index contributed by atoms with van der Waals surface area (Å²) >= 11 is 5.91. The topological polar surface area (TPSA) is 43.8 Å². The van der Waals surface area contributed by atoms with Crippen LogP contribution in [0.5, 0.6) is 0 Å². The van der Waals surface area contributed by atoms with Crippen LogP contribution in [0.2, 0.25) is 5.02 Å². The fourth-order valence-corrected chi connectivity index (χ4v) is 1.71. The molecule has 2 rings (SSSR count). The molecule has 5 heteroatoms. The van der Waals surface area contributed by atoms with Gasteiger partial charge in [-0.05, 0) is 17.7 Å². The maximum absolute atomic E-state index is 5.91. The number of imidazole rings is 1. The van der Waals surface area contributed by atoms with Crippen molar-refractivity contribution in [3.63, 3.8) is 0 Å². The maximum atomic E-state index is 5.91. The summed E-state index contributed by atoms with van der Waals surface area (Å²) in [6.45, 7) is 1.26. The lowest BCUT2D eigenvalue weighted by Crippen LogP contribution is -2.07. The molecule has 0 aliphatic carbocycles. The quantitative estimate of drug-likeness (QED) is 0.919. The van der Waals surface area contributed by atoms with Crippen molar-refractivity contribution in [1.29, 1.82) is 0 Å². The molecule has 0 aliphatic rings. The molecule has 0 bridgehead atoms. The molecule has 16 heavy (non-hydrogen) atoms. The Bertz CT molecular complexity index is 454. The van der Waals surface area contributed by atoms with Crippen molar-refractivity contribution in [1.82, 2.24) is 9.55 Å². The first kappa shape index (κ1) is 13.0. The zero-order valence-electron chi connectivity index (χ0n) is 8.64. The second-order valence-corrected chi connectivity index (χ2v) is 3.78. The molecule has 0 saturated heterocycles. The van der Waals surface area contributed by atoms with Crippen LogP contribution in [-0.4, -0.2) is 9.55 Å². The second-order valence-electron chi connectivity index (χ2n) is 3.35. The molecule has 86 valence electrons. The van der Waals surface area contributed by atoms with Gasteiger partial charge in [0.1, 0.15) is 0 Å². The molecule has 0 unspecified atom stereocenters. The monoisotopic (exact) mass is 257 g/mol. The molecule has 0 spiro atoms. The molecule has 2 N–H and O–H groups in total. The summed E-state index contributed by atoms with van der Waals surface area (Å²) < 4.78 is 2.02. The van der Waals surface area contributed by atoms with E-state index in [9.17, 15) is 0 Å². The normalized spacial score (nSPS) is 9.88. The van der Waals surface area contributed by atoms with Crippen molar-refractivity contribution >= 4 is 24.0 Å². The van der Waals surface area contributed by atoms with Crippen molar-refractivity contribution in [2.45, 2.75) is 13.1 Å². The Hall–Kier alpha value is -1.03. The molecule has 0 amide bonds. The van der Waals surface area contributed by atoms with E-state index in [4.69, 9.17) is 17.3 Å². The van der Waals surface area contributed by atoms with E-state index in [2.05, 4.69) is 4.98 Å². The van der Waals surface area contributed by atoms with Gasteiger partial charge in [0.2, 0.25) is 0 Å². The SMILES string of the molecule is Cl.NCc1cncn1Cc1cccc(Cl)c1.